The molecule has 2 N–H and O–H groups in total. The molecule has 0 amide bonds. The average molecular weight is 317 g/mol. The summed E-state index contributed by atoms with van der Waals surface area (Å²) in [6.45, 7) is 0. The molecule has 0 saturated heterocycles. The minimum Gasteiger partial charge on any atom is -0.393 e. The molecule has 1 aromatic carbocycles. The van der Waals surface area contributed by atoms with Crippen LogP contribution in [-0.4, -0.2) is 4.99 Å². The van der Waals surface area contributed by atoms with Crippen LogP contribution in [0.5, 0.6) is 0 Å². The van der Waals surface area contributed by atoms with E-state index < -0.39 is 0 Å². The van der Waals surface area contributed by atoms with Crippen molar-refractivity contribution >= 4 is 63.6 Å². The van der Waals surface area contributed by atoms with Gasteiger partial charge in [0.1, 0.15) is 0 Å². The Morgan fingerprint density at radius 2 is 1.62 bits per heavy atom. The van der Waals surface area contributed by atoms with Crippen molar-refractivity contribution in [2.45, 2.75) is 19.3 Å². The molecule has 16 heavy (non-hydrogen) atoms. The largest absolute Gasteiger partial charge is 0.393 e. The number of rotatable bonds is 4. The Hall–Kier alpha value is 0.270. The third kappa shape index (κ3) is 3.64. The van der Waals surface area contributed by atoms with Crippen LogP contribution in [0.3, 0.4) is 0 Å². The van der Waals surface area contributed by atoms with E-state index in [1.165, 1.54) is 6.07 Å². The number of hydrogen-bond acceptors (Lipinski definition) is 1. The summed E-state index contributed by atoms with van der Waals surface area (Å²) < 4.78 is 0. The first-order valence-corrected chi connectivity index (χ1v) is 6.45. The van der Waals surface area contributed by atoms with Crippen LogP contribution < -0.4 is 5.73 Å². The van der Waals surface area contributed by atoms with E-state index in [0.29, 0.717) is 37.9 Å². The second kappa shape index (κ2) is 6.27. The van der Waals surface area contributed by atoms with Crippen LogP contribution in [0, 0.1) is 0 Å². The zero-order valence-corrected chi connectivity index (χ0v) is 12.0. The van der Waals surface area contributed by atoms with Gasteiger partial charge in [-0.1, -0.05) is 58.6 Å². The number of halogens is 4. The minimum atomic E-state index is 0.404. The van der Waals surface area contributed by atoms with Crippen molar-refractivity contribution in [2.24, 2.45) is 5.73 Å². The predicted molar refractivity (Wildman–Crippen MR) is 76.2 cm³/mol. The van der Waals surface area contributed by atoms with E-state index in [0.717, 1.165) is 12.0 Å². The Morgan fingerprint density at radius 1 is 1.12 bits per heavy atom. The van der Waals surface area contributed by atoms with Gasteiger partial charge in [-0.25, -0.2) is 0 Å². The van der Waals surface area contributed by atoms with Crippen molar-refractivity contribution in [3.63, 3.8) is 0 Å². The molecule has 0 saturated carbocycles. The first-order valence-electron chi connectivity index (χ1n) is 4.53. The van der Waals surface area contributed by atoms with Crippen molar-refractivity contribution in [3.8, 4) is 0 Å². The van der Waals surface area contributed by atoms with E-state index in [2.05, 4.69) is 0 Å². The maximum Gasteiger partial charge on any atom is 0.0727 e. The normalized spacial score (nSPS) is 10.5. The molecule has 0 bridgehead atoms. The molecule has 0 radical (unpaired) electrons. The van der Waals surface area contributed by atoms with Gasteiger partial charge in [0.2, 0.25) is 0 Å². The molecule has 0 spiro atoms. The van der Waals surface area contributed by atoms with E-state index in [1.54, 1.807) is 0 Å². The summed E-state index contributed by atoms with van der Waals surface area (Å²) >= 11 is 28.7. The highest BCUT2D eigenvalue weighted by Crippen LogP contribution is 2.37. The maximum absolute atomic E-state index is 6.05. The van der Waals surface area contributed by atoms with Crippen molar-refractivity contribution in [1.82, 2.24) is 0 Å². The lowest BCUT2D eigenvalue weighted by Crippen LogP contribution is -2.07. The van der Waals surface area contributed by atoms with Crippen LogP contribution in [0.25, 0.3) is 0 Å². The zero-order valence-electron chi connectivity index (χ0n) is 8.20. The summed E-state index contributed by atoms with van der Waals surface area (Å²) in [6, 6.07) is 1.53. The fourth-order valence-electron chi connectivity index (χ4n) is 1.28. The molecule has 0 aliphatic heterocycles. The first-order chi connectivity index (χ1) is 7.43. The summed E-state index contributed by atoms with van der Waals surface area (Å²) in [5.41, 5.74) is 6.15. The smallest absolute Gasteiger partial charge is 0.0727 e. The van der Waals surface area contributed by atoms with Crippen molar-refractivity contribution in [1.29, 1.82) is 0 Å². The van der Waals surface area contributed by atoms with Crippen LogP contribution in [0.4, 0.5) is 0 Å². The fraction of sp³-hybridized carbons (Fsp3) is 0.300. The van der Waals surface area contributed by atoms with Gasteiger partial charge in [-0.05, 0) is 30.9 Å². The Balaban J connectivity index is 2.90. The monoisotopic (exact) mass is 315 g/mol. The molecule has 6 heteroatoms. The Labute approximate surface area is 120 Å². The lowest BCUT2D eigenvalue weighted by Gasteiger charge is -2.09. The summed E-state index contributed by atoms with van der Waals surface area (Å²) in [7, 11) is 0. The number of nitrogens with two attached hydrogens (primary N) is 1. The van der Waals surface area contributed by atoms with E-state index in [1.807, 2.05) is 0 Å². The van der Waals surface area contributed by atoms with Crippen LogP contribution in [0.2, 0.25) is 20.1 Å². The fourth-order valence-corrected chi connectivity index (χ4v) is 2.46. The highest BCUT2D eigenvalue weighted by molar-refractivity contribution is 7.80. The molecule has 0 aliphatic carbocycles. The number of benzene rings is 1. The average Bonchev–Trinajstić information content (AvgIpc) is 2.20. The standard InChI is InChI=1S/C10H9Cl4NS/c11-6-4-7(12)10(14)5(9(6)13)2-1-3-8(15)16/h4H,1-3H2,(H2,15,16). The van der Waals surface area contributed by atoms with Gasteiger partial charge in [-0.3, -0.25) is 0 Å². The van der Waals surface area contributed by atoms with E-state index >= 15 is 0 Å². The molecular formula is C10H9Cl4NS. The van der Waals surface area contributed by atoms with Gasteiger partial charge >= 0.3 is 0 Å². The van der Waals surface area contributed by atoms with Gasteiger partial charge < -0.3 is 5.73 Å². The van der Waals surface area contributed by atoms with Crippen molar-refractivity contribution in [3.05, 3.63) is 31.7 Å². The molecule has 0 aromatic heterocycles. The van der Waals surface area contributed by atoms with E-state index in [-0.39, 0.29) is 0 Å². The molecule has 1 aromatic rings. The predicted octanol–water partition coefficient (Wildman–Crippen LogP) is 4.91. The van der Waals surface area contributed by atoms with Gasteiger partial charge in [0.25, 0.3) is 0 Å². The van der Waals surface area contributed by atoms with Gasteiger partial charge in [-0.2, -0.15) is 0 Å². The first kappa shape index (κ1) is 14.3. The number of thiocarbonyl (C=S) groups is 1. The SMILES string of the molecule is NC(=S)CCCc1c(Cl)c(Cl)cc(Cl)c1Cl. The van der Waals surface area contributed by atoms with Crippen LogP contribution in [0.15, 0.2) is 6.07 Å². The highest BCUT2D eigenvalue weighted by atomic mass is 35.5. The second-order valence-corrected chi connectivity index (χ2v) is 5.36. The molecule has 0 aliphatic rings. The molecule has 0 heterocycles. The Bertz CT molecular complexity index is 394. The molecule has 0 fully saturated rings. The van der Waals surface area contributed by atoms with E-state index in [4.69, 9.17) is 64.4 Å². The zero-order chi connectivity index (χ0) is 12.3. The van der Waals surface area contributed by atoms with Gasteiger partial charge in [-0.15, -0.1) is 0 Å². The second-order valence-electron chi connectivity index (χ2n) is 3.27. The third-order valence-corrected chi connectivity index (χ3v) is 3.91. The van der Waals surface area contributed by atoms with Gasteiger partial charge in [0.05, 0.1) is 25.1 Å². The molecule has 1 nitrogen and oxygen atoms in total. The minimum absolute atomic E-state index is 0.404. The lowest BCUT2D eigenvalue weighted by atomic mass is 10.1. The molecular weight excluding hydrogens is 308 g/mol. The summed E-state index contributed by atoms with van der Waals surface area (Å²) in [5, 5.41) is 1.70. The lowest BCUT2D eigenvalue weighted by molar-refractivity contribution is 0.868. The van der Waals surface area contributed by atoms with Crippen molar-refractivity contribution in [2.75, 3.05) is 0 Å². The van der Waals surface area contributed by atoms with Crippen molar-refractivity contribution < 1.29 is 0 Å². The molecule has 0 atom stereocenters. The molecule has 1 rings (SSSR count). The van der Waals surface area contributed by atoms with Crippen LogP contribution in [0.1, 0.15) is 18.4 Å². The quantitative estimate of drug-likeness (QED) is 0.631. The summed E-state index contributed by atoms with van der Waals surface area (Å²) in [5.74, 6) is 0. The molecule has 0 unspecified atom stereocenters. The summed E-state index contributed by atoms with van der Waals surface area (Å²) in [4.78, 5) is 0.473. The third-order valence-electron chi connectivity index (χ3n) is 2.05. The van der Waals surface area contributed by atoms with E-state index in [9.17, 15) is 0 Å². The topological polar surface area (TPSA) is 26.0 Å². The summed E-state index contributed by atoms with van der Waals surface area (Å²) in [6.07, 6.45) is 2.06. The molecule has 88 valence electrons. The maximum atomic E-state index is 6.05. The highest BCUT2D eigenvalue weighted by Gasteiger charge is 2.13. The van der Waals surface area contributed by atoms with Crippen LogP contribution in [-0.2, 0) is 6.42 Å². The van der Waals surface area contributed by atoms with Crippen LogP contribution >= 0.6 is 58.6 Å². The van der Waals surface area contributed by atoms with Gasteiger partial charge in [0, 0.05) is 0 Å². The number of hydrogen-bond donors (Lipinski definition) is 1. The van der Waals surface area contributed by atoms with Gasteiger partial charge in [0.15, 0.2) is 0 Å². The Morgan fingerprint density at radius 3 is 2.06 bits per heavy atom. The Kier molecular flexibility index (Phi) is 5.62.